The number of aromatic nitrogens is 1. The molecule has 3 unspecified atom stereocenters. The molecular formula is C15H16BrNO3. The van der Waals surface area contributed by atoms with Crippen LogP contribution < -0.4 is 0 Å². The molecule has 0 radical (unpaired) electrons. The zero-order chi connectivity index (χ0) is 14.9. The molecule has 0 saturated heterocycles. The van der Waals surface area contributed by atoms with Gasteiger partial charge < -0.3 is 10.2 Å². The smallest absolute Gasteiger partial charge is 0.306 e. The highest BCUT2D eigenvalue weighted by Gasteiger charge is 2.28. The number of aliphatic hydroxyl groups is 1. The summed E-state index contributed by atoms with van der Waals surface area (Å²) < 4.78 is 0.899. The first-order valence-corrected chi connectivity index (χ1v) is 7.16. The Morgan fingerprint density at radius 1 is 1.30 bits per heavy atom. The van der Waals surface area contributed by atoms with Gasteiger partial charge in [-0.2, -0.15) is 0 Å². The van der Waals surface area contributed by atoms with Crippen molar-refractivity contribution in [3.05, 3.63) is 40.5 Å². The molecular weight excluding hydrogens is 322 g/mol. The molecule has 5 heteroatoms. The van der Waals surface area contributed by atoms with Crippen LogP contribution in [0.1, 0.15) is 25.5 Å². The fourth-order valence-electron chi connectivity index (χ4n) is 2.18. The predicted molar refractivity (Wildman–Crippen MR) is 80.4 cm³/mol. The second-order valence-electron chi connectivity index (χ2n) is 4.97. The number of pyridine rings is 1. The summed E-state index contributed by atoms with van der Waals surface area (Å²) in [6, 6.07) is 7.37. The SMILES string of the molecule is CC(C(=O)O)C(C)C(O)c1ccc(Br)c2cccnc12. The Morgan fingerprint density at radius 3 is 2.65 bits per heavy atom. The van der Waals surface area contributed by atoms with E-state index in [0.717, 1.165) is 9.86 Å². The van der Waals surface area contributed by atoms with Gasteiger partial charge in [0.1, 0.15) is 0 Å². The van der Waals surface area contributed by atoms with Gasteiger partial charge in [-0.25, -0.2) is 0 Å². The van der Waals surface area contributed by atoms with E-state index in [0.29, 0.717) is 11.1 Å². The molecule has 0 amide bonds. The van der Waals surface area contributed by atoms with Crippen molar-refractivity contribution in [1.29, 1.82) is 0 Å². The van der Waals surface area contributed by atoms with Crippen LogP contribution >= 0.6 is 15.9 Å². The van der Waals surface area contributed by atoms with Crippen molar-refractivity contribution in [2.24, 2.45) is 11.8 Å². The average molecular weight is 338 g/mol. The van der Waals surface area contributed by atoms with E-state index >= 15 is 0 Å². The summed E-state index contributed by atoms with van der Waals surface area (Å²) in [4.78, 5) is 15.4. The van der Waals surface area contributed by atoms with E-state index in [1.807, 2.05) is 18.2 Å². The average Bonchev–Trinajstić information content (AvgIpc) is 2.45. The Balaban J connectivity index is 2.48. The summed E-state index contributed by atoms with van der Waals surface area (Å²) in [5.74, 6) is -1.95. The van der Waals surface area contributed by atoms with Crippen molar-refractivity contribution in [3.8, 4) is 0 Å². The highest BCUT2D eigenvalue weighted by atomic mass is 79.9. The number of hydrogen-bond donors (Lipinski definition) is 2. The molecule has 1 aromatic carbocycles. The van der Waals surface area contributed by atoms with Crippen LogP contribution in [-0.4, -0.2) is 21.2 Å². The number of halogens is 1. The Labute approximate surface area is 125 Å². The van der Waals surface area contributed by atoms with Crippen LogP contribution in [0.25, 0.3) is 10.9 Å². The maximum Gasteiger partial charge on any atom is 0.306 e. The van der Waals surface area contributed by atoms with Crippen LogP contribution in [0.2, 0.25) is 0 Å². The van der Waals surface area contributed by atoms with Crippen molar-refractivity contribution in [3.63, 3.8) is 0 Å². The predicted octanol–water partition coefficient (Wildman–Crippen LogP) is 3.39. The number of benzene rings is 1. The van der Waals surface area contributed by atoms with Crippen LogP contribution in [0.3, 0.4) is 0 Å². The highest BCUT2D eigenvalue weighted by Crippen LogP contribution is 2.34. The molecule has 0 saturated carbocycles. The Morgan fingerprint density at radius 2 is 2.00 bits per heavy atom. The van der Waals surface area contributed by atoms with Gasteiger partial charge in [-0.1, -0.05) is 41.9 Å². The molecule has 2 rings (SSSR count). The Kier molecular flexibility index (Phi) is 4.40. The highest BCUT2D eigenvalue weighted by molar-refractivity contribution is 9.10. The molecule has 0 aliphatic heterocycles. The van der Waals surface area contributed by atoms with Crippen molar-refractivity contribution >= 4 is 32.8 Å². The lowest BCUT2D eigenvalue weighted by Gasteiger charge is -2.23. The number of hydrogen-bond acceptors (Lipinski definition) is 3. The lowest BCUT2D eigenvalue weighted by molar-refractivity contribution is -0.144. The monoisotopic (exact) mass is 337 g/mol. The molecule has 2 N–H and O–H groups in total. The van der Waals surface area contributed by atoms with Crippen LogP contribution in [0.4, 0.5) is 0 Å². The fourth-order valence-corrected chi connectivity index (χ4v) is 2.63. The van der Waals surface area contributed by atoms with Crippen LogP contribution in [0.15, 0.2) is 34.9 Å². The summed E-state index contributed by atoms with van der Waals surface area (Å²) in [5, 5.41) is 20.5. The second kappa shape index (κ2) is 5.89. The number of rotatable bonds is 4. The largest absolute Gasteiger partial charge is 0.481 e. The lowest BCUT2D eigenvalue weighted by atomic mass is 9.86. The summed E-state index contributed by atoms with van der Waals surface area (Å²) >= 11 is 3.45. The van der Waals surface area contributed by atoms with Gasteiger partial charge in [0, 0.05) is 21.6 Å². The van der Waals surface area contributed by atoms with E-state index in [1.54, 1.807) is 26.1 Å². The molecule has 1 aromatic heterocycles. The van der Waals surface area contributed by atoms with Crippen LogP contribution in [-0.2, 0) is 4.79 Å². The quantitative estimate of drug-likeness (QED) is 0.897. The van der Waals surface area contributed by atoms with Gasteiger partial charge in [-0.05, 0) is 18.1 Å². The van der Waals surface area contributed by atoms with Gasteiger partial charge in [0.05, 0.1) is 17.5 Å². The van der Waals surface area contributed by atoms with Crippen LogP contribution in [0, 0.1) is 11.8 Å². The minimum atomic E-state index is -0.911. The maximum absolute atomic E-state index is 11.1. The number of carbonyl (C=O) groups is 1. The third-order valence-electron chi connectivity index (χ3n) is 3.74. The van der Waals surface area contributed by atoms with Crippen molar-refractivity contribution < 1.29 is 15.0 Å². The molecule has 3 atom stereocenters. The number of carboxylic acid groups (broad SMARTS) is 1. The van der Waals surface area contributed by atoms with Gasteiger partial charge in [-0.15, -0.1) is 0 Å². The van der Waals surface area contributed by atoms with Gasteiger partial charge >= 0.3 is 5.97 Å². The number of aliphatic carboxylic acids is 1. The first-order valence-electron chi connectivity index (χ1n) is 6.37. The summed E-state index contributed by atoms with van der Waals surface area (Å²) in [7, 11) is 0. The topological polar surface area (TPSA) is 70.4 Å². The zero-order valence-electron chi connectivity index (χ0n) is 11.2. The third kappa shape index (κ3) is 2.69. The van der Waals surface area contributed by atoms with Crippen molar-refractivity contribution in [1.82, 2.24) is 4.98 Å². The normalized spacial score (nSPS) is 15.8. The van der Waals surface area contributed by atoms with E-state index in [4.69, 9.17) is 5.11 Å². The first kappa shape index (κ1) is 14.9. The van der Waals surface area contributed by atoms with Gasteiger partial charge in [0.25, 0.3) is 0 Å². The number of aliphatic hydroxyl groups excluding tert-OH is 1. The minimum absolute atomic E-state index is 0.404. The Hall–Kier alpha value is -1.46. The maximum atomic E-state index is 11.1. The Bertz CT molecular complexity index is 644. The number of fused-ring (bicyclic) bond motifs is 1. The van der Waals surface area contributed by atoms with E-state index < -0.39 is 23.9 Å². The molecule has 0 aliphatic carbocycles. The molecule has 0 spiro atoms. The van der Waals surface area contributed by atoms with E-state index in [-0.39, 0.29) is 0 Å². The van der Waals surface area contributed by atoms with Gasteiger partial charge in [-0.3, -0.25) is 9.78 Å². The van der Waals surface area contributed by atoms with E-state index in [2.05, 4.69) is 20.9 Å². The second-order valence-corrected chi connectivity index (χ2v) is 5.82. The van der Waals surface area contributed by atoms with Gasteiger partial charge in [0.2, 0.25) is 0 Å². The lowest BCUT2D eigenvalue weighted by Crippen LogP contribution is -2.24. The number of nitrogens with zero attached hydrogens (tertiary/aromatic N) is 1. The fraction of sp³-hybridized carbons (Fsp3) is 0.333. The molecule has 106 valence electrons. The molecule has 2 aromatic rings. The molecule has 0 bridgehead atoms. The zero-order valence-corrected chi connectivity index (χ0v) is 12.8. The molecule has 0 aliphatic rings. The molecule has 0 fully saturated rings. The van der Waals surface area contributed by atoms with Gasteiger partial charge in [0.15, 0.2) is 0 Å². The summed E-state index contributed by atoms with van der Waals surface area (Å²) in [6.45, 7) is 3.34. The molecule has 1 heterocycles. The van der Waals surface area contributed by atoms with Crippen LogP contribution in [0.5, 0.6) is 0 Å². The summed E-state index contributed by atoms with van der Waals surface area (Å²) in [5.41, 5.74) is 1.35. The van der Waals surface area contributed by atoms with Crippen molar-refractivity contribution in [2.75, 3.05) is 0 Å². The molecule has 20 heavy (non-hydrogen) atoms. The van der Waals surface area contributed by atoms with Crippen molar-refractivity contribution in [2.45, 2.75) is 20.0 Å². The van der Waals surface area contributed by atoms with E-state index in [9.17, 15) is 9.90 Å². The summed E-state index contributed by atoms with van der Waals surface area (Å²) in [6.07, 6.45) is 0.794. The van der Waals surface area contributed by atoms with E-state index in [1.165, 1.54) is 0 Å². The standard InChI is InChI=1S/C15H16BrNO3/c1-8(9(2)15(19)20)14(18)11-5-6-12(16)10-4-3-7-17-13(10)11/h3-9,14,18H,1-2H3,(H,19,20). The number of carboxylic acids is 1. The third-order valence-corrected chi connectivity index (χ3v) is 4.43. The minimum Gasteiger partial charge on any atom is -0.481 e. The first-order chi connectivity index (χ1) is 9.43. The molecule has 4 nitrogen and oxygen atoms in total.